The molecule has 1 atom stereocenters. The van der Waals surface area contributed by atoms with Gasteiger partial charge in [0.2, 0.25) is 5.60 Å². The lowest BCUT2D eigenvalue weighted by Crippen LogP contribution is -2.47. The molecule has 2 aromatic heterocycles. The van der Waals surface area contributed by atoms with E-state index in [-0.39, 0.29) is 36.4 Å². The molecule has 0 radical (unpaired) electrons. The Bertz CT molecular complexity index is 1540. The molecule has 0 saturated heterocycles. The van der Waals surface area contributed by atoms with Gasteiger partial charge in [-0.3, -0.25) is 4.79 Å². The summed E-state index contributed by atoms with van der Waals surface area (Å²) in [5, 5.41) is 20.2. The molecule has 0 amide bonds. The number of hydrogen-bond donors (Lipinski definition) is 2. The average Bonchev–Trinajstić information content (AvgIpc) is 3.23. The standard InChI is InChI=1S/C25H21FN2O7/c1-2-25(35-19(30)9-29)15-6-18-21-13(8-28(18)23(32)14(15)10-34-24(25)33)11-4-3-5-12-20(11)17(27-21)7-16(26)22(12)31/h6-7,29,31H,2-5,8-10H2,1H3/t25-/m0/s1. The number of carbonyl (C=O) groups is 2. The van der Waals surface area contributed by atoms with Gasteiger partial charge < -0.3 is 24.3 Å². The molecule has 3 aromatic rings. The van der Waals surface area contributed by atoms with Crippen molar-refractivity contribution < 1.29 is 33.7 Å². The number of phenols is 1. The summed E-state index contributed by atoms with van der Waals surface area (Å²) in [6, 6.07) is 2.81. The van der Waals surface area contributed by atoms with E-state index in [1.54, 1.807) is 13.0 Å². The number of cyclic esters (lactones) is 1. The Labute approximate surface area is 197 Å². The number of aliphatic hydroxyl groups excluding tert-OH is 1. The van der Waals surface area contributed by atoms with E-state index in [0.717, 1.165) is 22.9 Å². The van der Waals surface area contributed by atoms with Crippen LogP contribution in [0.15, 0.2) is 16.9 Å². The summed E-state index contributed by atoms with van der Waals surface area (Å²) in [7, 11) is 0. The van der Waals surface area contributed by atoms with Crippen molar-refractivity contribution in [2.75, 3.05) is 6.61 Å². The van der Waals surface area contributed by atoms with Gasteiger partial charge in [0.1, 0.15) is 13.2 Å². The number of ether oxygens (including phenoxy) is 2. The van der Waals surface area contributed by atoms with Crippen LogP contribution >= 0.6 is 0 Å². The maximum absolute atomic E-state index is 14.5. The summed E-state index contributed by atoms with van der Waals surface area (Å²) in [6.07, 6.45) is 1.93. The summed E-state index contributed by atoms with van der Waals surface area (Å²) in [5.41, 5.74) is 1.68. The fourth-order valence-electron chi connectivity index (χ4n) is 5.72. The highest BCUT2D eigenvalue weighted by molar-refractivity contribution is 5.93. The number of aromatic hydroxyl groups is 1. The van der Waals surface area contributed by atoms with Crippen molar-refractivity contribution in [1.82, 2.24) is 9.55 Å². The average molecular weight is 480 g/mol. The van der Waals surface area contributed by atoms with Crippen molar-refractivity contribution >= 4 is 22.8 Å². The number of phenolic OH excluding ortho intramolecular Hbond substituents is 1. The third kappa shape index (κ3) is 2.77. The van der Waals surface area contributed by atoms with Crippen LogP contribution in [-0.2, 0) is 50.7 Å². The number of carbonyl (C=O) groups excluding carboxylic acids is 2. The number of benzene rings is 1. The zero-order chi connectivity index (χ0) is 24.6. The summed E-state index contributed by atoms with van der Waals surface area (Å²) >= 11 is 0. The number of halogens is 1. The van der Waals surface area contributed by atoms with Gasteiger partial charge in [0, 0.05) is 28.1 Å². The molecule has 2 N–H and O–H groups in total. The Balaban J connectivity index is 1.64. The van der Waals surface area contributed by atoms with Crippen molar-refractivity contribution in [3.63, 3.8) is 0 Å². The second-order valence-electron chi connectivity index (χ2n) is 9.05. The predicted octanol–water partition coefficient (Wildman–Crippen LogP) is 1.96. The molecular formula is C25H21FN2O7. The number of aryl methyl sites for hydroxylation is 2. The normalized spacial score (nSPS) is 19.7. The molecule has 1 aromatic carbocycles. The molecular weight excluding hydrogens is 459 g/mol. The molecule has 0 unspecified atom stereocenters. The van der Waals surface area contributed by atoms with Gasteiger partial charge in [0.05, 0.1) is 29.0 Å². The first-order valence-corrected chi connectivity index (χ1v) is 11.4. The van der Waals surface area contributed by atoms with Gasteiger partial charge in [-0.15, -0.1) is 0 Å². The van der Waals surface area contributed by atoms with E-state index >= 15 is 0 Å². The van der Waals surface area contributed by atoms with Crippen LogP contribution in [0.25, 0.3) is 22.3 Å². The van der Waals surface area contributed by atoms with E-state index in [0.29, 0.717) is 35.3 Å². The van der Waals surface area contributed by atoms with Crippen molar-refractivity contribution in [2.24, 2.45) is 0 Å². The van der Waals surface area contributed by atoms with Crippen molar-refractivity contribution in [2.45, 2.75) is 51.4 Å². The van der Waals surface area contributed by atoms with E-state index < -0.39 is 35.5 Å². The highest BCUT2D eigenvalue weighted by Gasteiger charge is 2.50. The van der Waals surface area contributed by atoms with Crippen LogP contribution in [0, 0.1) is 5.82 Å². The van der Waals surface area contributed by atoms with E-state index in [1.807, 2.05) is 0 Å². The van der Waals surface area contributed by atoms with Gasteiger partial charge in [0.25, 0.3) is 5.56 Å². The Morgan fingerprint density at radius 2 is 2.00 bits per heavy atom. The minimum atomic E-state index is -1.87. The molecule has 10 heteroatoms. The molecule has 0 bridgehead atoms. The first-order chi connectivity index (χ1) is 16.8. The fourth-order valence-corrected chi connectivity index (χ4v) is 5.72. The lowest BCUT2D eigenvalue weighted by Gasteiger charge is -2.35. The highest BCUT2D eigenvalue weighted by atomic mass is 19.1. The number of nitrogens with zero attached hydrogens (tertiary/aromatic N) is 2. The third-order valence-electron chi connectivity index (χ3n) is 7.36. The lowest BCUT2D eigenvalue weighted by atomic mass is 9.85. The molecule has 35 heavy (non-hydrogen) atoms. The fraction of sp³-hybridized carbons (Fsp3) is 0.360. The second kappa shape index (κ2) is 7.35. The third-order valence-corrected chi connectivity index (χ3v) is 7.36. The van der Waals surface area contributed by atoms with Crippen LogP contribution in [-0.4, -0.2) is 38.3 Å². The lowest BCUT2D eigenvalue weighted by molar-refractivity contribution is -0.191. The number of rotatable bonds is 3. The Hall–Kier alpha value is -3.79. The van der Waals surface area contributed by atoms with Crippen molar-refractivity contribution in [3.8, 4) is 17.1 Å². The molecule has 6 rings (SSSR count). The number of esters is 2. The molecule has 4 heterocycles. The highest BCUT2D eigenvalue weighted by Crippen LogP contribution is 2.45. The molecule has 0 fully saturated rings. The molecule has 9 nitrogen and oxygen atoms in total. The smallest absolute Gasteiger partial charge is 0.355 e. The SMILES string of the molecule is CC[C@@]1(OC(=O)CO)C(=O)OCc2c1cc1n(c2=O)Cc2c-1nc1cc(F)c(O)c3c1c2CCC3. The quantitative estimate of drug-likeness (QED) is 0.426. The summed E-state index contributed by atoms with van der Waals surface area (Å²) in [4.78, 5) is 43.1. The van der Waals surface area contributed by atoms with Crippen LogP contribution in [0.4, 0.5) is 4.39 Å². The number of aromatic nitrogens is 2. The maximum atomic E-state index is 14.5. The van der Waals surface area contributed by atoms with E-state index in [4.69, 9.17) is 9.47 Å². The maximum Gasteiger partial charge on any atom is 0.355 e. The second-order valence-corrected chi connectivity index (χ2v) is 9.05. The zero-order valence-corrected chi connectivity index (χ0v) is 18.8. The Morgan fingerprint density at radius 3 is 2.74 bits per heavy atom. The number of aliphatic hydroxyl groups is 1. The van der Waals surface area contributed by atoms with Gasteiger partial charge in [0.15, 0.2) is 11.6 Å². The zero-order valence-electron chi connectivity index (χ0n) is 18.8. The number of pyridine rings is 2. The first-order valence-electron chi connectivity index (χ1n) is 11.4. The Kier molecular flexibility index (Phi) is 4.56. The summed E-state index contributed by atoms with van der Waals surface area (Å²) in [6.45, 7) is 0.644. The number of hydrogen-bond acceptors (Lipinski definition) is 8. The van der Waals surface area contributed by atoms with Gasteiger partial charge in [-0.05, 0) is 37.3 Å². The molecule has 1 aliphatic carbocycles. The van der Waals surface area contributed by atoms with Crippen molar-refractivity contribution in [3.05, 3.63) is 56.1 Å². The topological polar surface area (TPSA) is 128 Å². The minimum absolute atomic E-state index is 0.00935. The van der Waals surface area contributed by atoms with Crippen LogP contribution < -0.4 is 5.56 Å². The molecule has 0 spiro atoms. The first kappa shape index (κ1) is 21.7. The van der Waals surface area contributed by atoms with Crippen molar-refractivity contribution in [1.29, 1.82) is 0 Å². The monoisotopic (exact) mass is 480 g/mol. The molecule has 3 aliphatic rings. The van der Waals surface area contributed by atoms with Crippen LogP contribution in [0.5, 0.6) is 5.75 Å². The van der Waals surface area contributed by atoms with Crippen LogP contribution in [0.2, 0.25) is 0 Å². The molecule has 0 saturated carbocycles. The minimum Gasteiger partial charge on any atom is -0.505 e. The summed E-state index contributed by atoms with van der Waals surface area (Å²) < 4.78 is 26.6. The van der Waals surface area contributed by atoms with Gasteiger partial charge >= 0.3 is 11.9 Å². The predicted molar refractivity (Wildman–Crippen MR) is 119 cm³/mol. The van der Waals surface area contributed by atoms with Gasteiger partial charge in [-0.2, -0.15) is 0 Å². The number of fused-ring (bicyclic) bond motifs is 5. The molecule has 2 aliphatic heterocycles. The Morgan fingerprint density at radius 1 is 1.23 bits per heavy atom. The van der Waals surface area contributed by atoms with Crippen LogP contribution in [0.1, 0.15) is 47.6 Å². The van der Waals surface area contributed by atoms with Gasteiger partial charge in [-0.1, -0.05) is 6.92 Å². The van der Waals surface area contributed by atoms with E-state index in [1.165, 1.54) is 10.6 Å². The largest absolute Gasteiger partial charge is 0.505 e. The molecule has 180 valence electrons. The van der Waals surface area contributed by atoms with Crippen LogP contribution in [0.3, 0.4) is 0 Å². The van der Waals surface area contributed by atoms with Gasteiger partial charge in [-0.25, -0.2) is 19.0 Å². The summed E-state index contributed by atoms with van der Waals surface area (Å²) in [5.74, 6) is -2.95. The van der Waals surface area contributed by atoms with E-state index in [2.05, 4.69) is 4.98 Å². The van der Waals surface area contributed by atoms with E-state index in [9.17, 15) is 29.0 Å².